The largest absolute Gasteiger partial charge is 0.361 e. The van der Waals surface area contributed by atoms with Crippen molar-refractivity contribution in [2.24, 2.45) is 0 Å². The van der Waals surface area contributed by atoms with Crippen LogP contribution in [0, 0.1) is 0 Å². The van der Waals surface area contributed by atoms with Crippen LogP contribution in [0.1, 0.15) is 27.9 Å². The summed E-state index contributed by atoms with van der Waals surface area (Å²) in [6, 6.07) is 25.2. The third-order valence-corrected chi connectivity index (χ3v) is 5.28. The van der Waals surface area contributed by atoms with Crippen molar-refractivity contribution in [1.82, 2.24) is 10.3 Å². The first-order valence-electron chi connectivity index (χ1n) is 10.5. The SMILES string of the molecule is O=C(CCc1c[nH]c2ccccc12)Nc1ccccc1C(=O)NCCc1ccccc1. The van der Waals surface area contributed by atoms with E-state index in [1.54, 1.807) is 18.2 Å². The Morgan fingerprint density at radius 1 is 0.806 bits per heavy atom. The summed E-state index contributed by atoms with van der Waals surface area (Å²) in [5.41, 5.74) is 4.34. The lowest BCUT2D eigenvalue weighted by Crippen LogP contribution is -2.27. The van der Waals surface area contributed by atoms with Crippen LogP contribution in [-0.4, -0.2) is 23.3 Å². The van der Waals surface area contributed by atoms with E-state index in [1.165, 1.54) is 5.56 Å². The zero-order chi connectivity index (χ0) is 21.5. The Morgan fingerprint density at radius 2 is 1.55 bits per heavy atom. The first-order chi connectivity index (χ1) is 15.2. The molecule has 5 nitrogen and oxygen atoms in total. The third-order valence-electron chi connectivity index (χ3n) is 5.28. The molecule has 1 aromatic heterocycles. The van der Waals surface area contributed by atoms with Crippen LogP contribution in [0.2, 0.25) is 0 Å². The average molecular weight is 412 g/mol. The summed E-state index contributed by atoms with van der Waals surface area (Å²) >= 11 is 0. The fourth-order valence-corrected chi connectivity index (χ4v) is 3.65. The molecule has 4 rings (SSSR count). The summed E-state index contributed by atoms with van der Waals surface area (Å²) in [5.74, 6) is -0.307. The van der Waals surface area contributed by atoms with E-state index in [0.29, 0.717) is 30.6 Å². The molecule has 5 heteroatoms. The maximum Gasteiger partial charge on any atom is 0.253 e. The lowest BCUT2D eigenvalue weighted by atomic mass is 10.1. The highest BCUT2D eigenvalue weighted by Crippen LogP contribution is 2.20. The molecule has 0 saturated carbocycles. The Kier molecular flexibility index (Phi) is 6.43. The van der Waals surface area contributed by atoms with Crippen molar-refractivity contribution in [3.05, 3.63) is 102 Å². The number of H-pyrrole nitrogens is 1. The van der Waals surface area contributed by atoms with E-state index in [-0.39, 0.29) is 11.8 Å². The number of benzene rings is 3. The van der Waals surface area contributed by atoms with Gasteiger partial charge >= 0.3 is 0 Å². The fraction of sp³-hybridized carbons (Fsp3) is 0.154. The zero-order valence-electron chi connectivity index (χ0n) is 17.2. The molecule has 0 aliphatic carbocycles. The number of carbonyl (C=O) groups excluding carboxylic acids is 2. The number of hydrogen-bond acceptors (Lipinski definition) is 2. The van der Waals surface area contributed by atoms with Crippen LogP contribution < -0.4 is 10.6 Å². The number of nitrogens with one attached hydrogen (secondary N) is 3. The maximum absolute atomic E-state index is 12.7. The van der Waals surface area contributed by atoms with Crippen LogP contribution in [0.25, 0.3) is 10.9 Å². The van der Waals surface area contributed by atoms with E-state index in [2.05, 4.69) is 15.6 Å². The highest BCUT2D eigenvalue weighted by Gasteiger charge is 2.13. The second kappa shape index (κ2) is 9.76. The third kappa shape index (κ3) is 5.20. The van der Waals surface area contributed by atoms with Gasteiger partial charge in [-0.25, -0.2) is 0 Å². The minimum Gasteiger partial charge on any atom is -0.361 e. The Labute approximate surface area is 181 Å². The van der Waals surface area contributed by atoms with Gasteiger partial charge in [-0.05, 0) is 42.2 Å². The number of rotatable bonds is 8. The van der Waals surface area contributed by atoms with Gasteiger partial charge < -0.3 is 15.6 Å². The van der Waals surface area contributed by atoms with Crippen molar-refractivity contribution in [2.75, 3.05) is 11.9 Å². The number of hydrogen-bond donors (Lipinski definition) is 3. The molecule has 156 valence electrons. The summed E-state index contributed by atoms with van der Waals surface area (Å²) in [4.78, 5) is 28.5. The summed E-state index contributed by atoms with van der Waals surface area (Å²) in [6.45, 7) is 0.533. The van der Waals surface area contributed by atoms with Crippen LogP contribution in [-0.2, 0) is 17.6 Å². The highest BCUT2D eigenvalue weighted by molar-refractivity contribution is 6.03. The Bertz CT molecular complexity index is 1180. The molecular weight excluding hydrogens is 386 g/mol. The summed E-state index contributed by atoms with van der Waals surface area (Å²) in [7, 11) is 0. The highest BCUT2D eigenvalue weighted by atomic mass is 16.2. The topological polar surface area (TPSA) is 74.0 Å². The molecule has 3 aromatic carbocycles. The van der Waals surface area contributed by atoms with E-state index in [1.807, 2.05) is 66.9 Å². The molecule has 0 radical (unpaired) electrons. The normalized spacial score (nSPS) is 10.7. The average Bonchev–Trinajstić information content (AvgIpc) is 3.22. The van der Waals surface area contributed by atoms with Gasteiger partial charge in [0.25, 0.3) is 5.91 Å². The second-order valence-corrected chi connectivity index (χ2v) is 7.44. The van der Waals surface area contributed by atoms with Crippen LogP contribution >= 0.6 is 0 Å². The molecular formula is C26H25N3O2. The Hall–Kier alpha value is -3.86. The number of fused-ring (bicyclic) bond motifs is 1. The van der Waals surface area contributed by atoms with Gasteiger partial charge in [-0.15, -0.1) is 0 Å². The van der Waals surface area contributed by atoms with Crippen LogP contribution in [0.15, 0.2) is 85.1 Å². The van der Waals surface area contributed by atoms with Crippen molar-refractivity contribution in [2.45, 2.75) is 19.3 Å². The summed E-state index contributed by atoms with van der Waals surface area (Å²) < 4.78 is 0. The smallest absolute Gasteiger partial charge is 0.253 e. The van der Waals surface area contributed by atoms with E-state index in [9.17, 15) is 9.59 Å². The van der Waals surface area contributed by atoms with Crippen LogP contribution in [0.5, 0.6) is 0 Å². The van der Waals surface area contributed by atoms with Gasteiger partial charge in [0.05, 0.1) is 11.3 Å². The standard InChI is InChI=1S/C26H25N3O2/c30-25(15-14-20-18-28-23-12-6-4-10-21(20)23)29-24-13-7-5-11-22(24)26(31)27-17-16-19-8-2-1-3-9-19/h1-13,18,28H,14-17H2,(H,27,31)(H,29,30). The van der Waals surface area contributed by atoms with Crippen molar-refractivity contribution in [3.63, 3.8) is 0 Å². The molecule has 0 bridgehead atoms. The number of anilines is 1. The number of aromatic nitrogens is 1. The second-order valence-electron chi connectivity index (χ2n) is 7.44. The number of aromatic amines is 1. The lowest BCUT2D eigenvalue weighted by Gasteiger charge is -2.11. The Balaban J connectivity index is 1.34. The molecule has 0 unspecified atom stereocenters. The first-order valence-corrected chi connectivity index (χ1v) is 10.5. The molecule has 0 aliphatic rings. The van der Waals surface area contributed by atoms with Crippen molar-refractivity contribution >= 4 is 28.4 Å². The summed E-state index contributed by atoms with van der Waals surface area (Å²) in [6.07, 6.45) is 3.67. The van der Waals surface area contributed by atoms with Gasteiger partial charge in [0.1, 0.15) is 0 Å². The van der Waals surface area contributed by atoms with Gasteiger partial charge in [0, 0.05) is 30.1 Å². The molecule has 31 heavy (non-hydrogen) atoms. The minimum atomic E-state index is -0.191. The van der Waals surface area contributed by atoms with E-state index in [0.717, 1.165) is 22.9 Å². The number of carbonyl (C=O) groups is 2. The van der Waals surface area contributed by atoms with E-state index in [4.69, 9.17) is 0 Å². The number of para-hydroxylation sites is 2. The monoisotopic (exact) mass is 411 g/mol. The fourth-order valence-electron chi connectivity index (χ4n) is 3.65. The zero-order valence-corrected chi connectivity index (χ0v) is 17.2. The molecule has 0 aliphatic heterocycles. The molecule has 0 fully saturated rings. The van der Waals surface area contributed by atoms with Crippen molar-refractivity contribution in [3.8, 4) is 0 Å². The Morgan fingerprint density at radius 3 is 2.42 bits per heavy atom. The van der Waals surface area contributed by atoms with Gasteiger partial charge in [-0.2, -0.15) is 0 Å². The van der Waals surface area contributed by atoms with Gasteiger partial charge in [0.2, 0.25) is 5.91 Å². The molecule has 2 amide bonds. The van der Waals surface area contributed by atoms with Gasteiger partial charge in [0.15, 0.2) is 0 Å². The van der Waals surface area contributed by atoms with Gasteiger partial charge in [-0.3, -0.25) is 9.59 Å². The summed E-state index contributed by atoms with van der Waals surface area (Å²) in [5, 5.41) is 6.97. The van der Waals surface area contributed by atoms with Crippen molar-refractivity contribution < 1.29 is 9.59 Å². The van der Waals surface area contributed by atoms with Crippen LogP contribution in [0.4, 0.5) is 5.69 Å². The molecule has 1 heterocycles. The quantitative estimate of drug-likeness (QED) is 0.393. The van der Waals surface area contributed by atoms with Crippen LogP contribution in [0.3, 0.4) is 0 Å². The first kappa shape index (κ1) is 20.4. The minimum absolute atomic E-state index is 0.116. The lowest BCUT2D eigenvalue weighted by molar-refractivity contribution is -0.116. The van der Waals surface area contributed by atoms with Crippen molar-refractivity contribution in [1.29, 1.82) is 0 Å². The number of amides is 2. The van der Waals surface area contributed by atoms with E-state index >= 15 is 0 Å². The molecule has 0 atom stereocenters. The predicted molar refractivity (Wildman–Crippen MR) is 124 cm³/mol. The van der Waals surface area contributed by atoms with Gasteiger partial charge in [-0.1, -0.05) is 60.7 Å². The predicted octanol–water partition coefficient (Wildman–Crippen LogP) is 4.71. The maximum atomic E-state index is 12.7. The molecule has 0 saturated heterocycles. The molecule has 3 N–H and O–H groups in total. The molecule has 4 aromatic rings. The molecule has 0 spiro atoms. The number of aryl methyl sites for hydroxylation is 1. The van der Waals surface area contributed by atoms with E-state index < -0.39 is 0 Å².